The van der Waals surface area contributed by atoms with Crippen LogP contribution >= 0.6 is 0 Å². The molecule has 0 aromatic heterocycles. The van der Waals surface area contributed by atoms with Crippen LogP contribution in [0.2, 0.25) is 0 Å². The molecule has 1 saturated heterocycles. The van der Waals surface area contributed by atoms with Gasteiger partial charge in [0.05, 0.1) is 12.7 Å². The van der Waals surface area contributed by atoms with Gasteiger partial charge in [0.15, 0.2) is 11.6 Å². The van der Waals surface area contributed by atoms with Crippen LogP contribution in [0.1, 0.15) is 31.2 Å². The van der Waals surface area contributed by atoms with E-state index >= 15 is 0 Å². The fourth-order valence-electron chi connectivity index (χ4n) is 3.56. The second-order valence-electron chi connectivity index (χ2n) is 8.00. The fourth-order valence-corrected chi connectivity index (χ4v) is 3.56. The quantitative estimate of drug-likeness (QED) is 0.522. The average Bonchev–Trinajstić information content (AvgIpc) is 3.25. The molecule has 1 heterocycles. The molecule has 168 valence electrons. The van der Waals surface area contributed by atoms with E-state index in [-0.39, 0.29) is 30.8 Å². The largest absolute Gasteiger partial charge is 0.491 e. The summed E-state index contributed by atoms with van der Waals surface area (Å²) in [5.74, 6) is -1.39. The van der Waals surface area contributed by atoms with E-state index in [4.69, 9.17) is 9.47 Å². The number of anilines is 1. The van der Waals surface area contributed by atoms with Gasteiger partial charge in [-0.3, -0.25) is 4.79 Å². The maximum atomic E-state index is 13.7. The number of benzene rings is 2. The minimum Gasteiger partial charge on any atom is -0.491 e. The van der Waals surface area contributed by atoms with Gasteiger partial charge in [0.2, 0.25) is 5.91 Å². The molecule has 0 saturated carbocycles. The summed E-state index contributed by atoms with van der Waals surface area (Å²) < 4.78 is 37.7. The number of rotatable bonds is 10. The molecule has 0 spiro atoms. The van der Waals surface area contributed by atoms with Gasteiger partial charge in [-0.15, -0.1) is 0 Å². The molecule has 2 aromatic rings. The first-order valence-electron chi connectivity index (χ1n) is 10.7. The molecule has 1 aliphatic rings. The molecule has 7 heteroatoms. The third kappa shape index (κ3) is 6.92. The summed E-state index contributed by atoms with van der Waals surface area (Å²) in [6.07, 6.45) is 2.76. The number of carbonyl (C=O) groups is 1. The van der Waals surface area contributed by atoms with E-state index in [1.165, 1.54) is 6.07 Å². The molecule has 1 aliphatic heterocycles. The Hall–Kier alpha value is -2.67. The topological polar surface area (TPSA) is 42.0 Å². The van der Waals surface area contributed by atoms with Crippen molar-refractivity contribution in [2.24, 2.45) is 0 Å². The zero-order valence-electron chi connectivity index (χ0n) is 18.2. The summed E-state index contributed by atoms with van der Waals surface area (Å²) in [5, 5.41) is 0. The van der Waals surface area contributed by atoms with Crippen molar-refractivity contribution in [1.82, 2.24) is 4.90 Å². The summed E-state index contributed by atoms with van der Waals surface area (Å²) in [6.45, 7) is 1.99. The van der Waals surface area contributed by atoms with Crippen LogP contribution in [-0.4, -0.2) is 50.8 Å². The van der Waals surface area contributed by atoms with Gasteiger partial charge in [0.25, 0.3) is 0 Å². The van der Waals surface area contributed by atoms with E-state index < -0.39 is 11.6 Å². The molecule has 0 aliphatic carbocycles. The molecule has 1 unspecified atom stereocenters. The molecular weight excluding hydrogens is 402 g/mol. The van der Waals surface area contributed by atoms with E-state index in [2.05, 4.69) is 0 Å². The van der Waals surface area contributed by atoms with Gasteiger partial charge >= 0.3 is 0 Å². The van der Waals surface area contributed by atoms with Gasteiger partial charge in [-0.2, -0.15) is 0 Å². The fraction of sp³-hybridized carbons (Fsp3) is 0.458. The lowest BCUT2D eigenvalue weighted by atomic mass is 10.1. The van der Waals surface area contributed by atoms with Crippen LogP contribution < -0.4 is 9.64 Å². The molecule has 0 N–H and O–H groups in total. The first-order valence-corrected chi connectivity index (χ1v) is 10.7. The maximum absolute atomic E-state index is 13.7. The van der Waals surface area contributed by atoms with Crippen LogP contribution in [0, 0.1) is 11.6 Å². The van der Waals surface area contributed by atoms with Crippen LogP contribution in [-0.2, 0) is 16.1 Å². The molecular formula is C24H30F2N2O3. The van der Waals surface area contributed by atoms with Crippen LogP contribution in [0.3, 0.4) is 0 Å². The molecule has 31 heavy (non-hydrogen) atoms. The van der Waals surface area contributed by atoms with E-state index in [1.54, 1.807) is 0 Å². The van der Waals surface area contributed by atoms with Crippen molar-refractivity contribution in [3.05, 3.63) is 59.7 Å². The van der Waals surface area contributed by atoms with Gasteiger partial charge in [-0.1, -0.05) is 12.1 Å². The summed E-state index contributed by atoms with van der Waals surface area (Å²) in [5.41, 5.74) is 2.16. The minimum absolute atomic E-state index is 0.00829. The highest BCUT2D eigenvalue weighted by Gasteiger charge is 2.22. The van der Waals surface area contributed by atoms with Crippen LogP contribution in [0.5, 0.6) is 5.75 Å². The number of amides is 1. The predicted octanol–water partition coefficient (Wildman–Crippen LogP) is 4.40. The summed E-state index contributed by atoms with van der Waals surface area (Å²) >= 11 is 0. The second-order valence-corrected chi connectivity index (χ2v) is 8.00. The van der Waals surface area contributed by atoms with Gasteiger partial charge in [0.1, 0.15) is 5.82 Å². The Labute approximate surface area is 182 Å². The third-order valence-corrected chi connectivity index (χ3v) is 5.31. The van der Waals surface area contributed by atoms with Crippen molar-refractivity contribution in [3.63, 3.8) is 0 Å². The molecule has 5 nitrogen and oxygen atoms in total. The molecule has 0 radical (unpaired) electrons. The van der Waals surface area contributed by atoms with Crippen LogP contribution in [0.25, 0.3) is 0 Å². The Morgan fingerprint density at radius 3 is 2.58 bits per heavy atom. The lowest BCUT2D eigenvalue weighted by molar-refractivity contribution is -0.133. The first-order chi connectivity index (χ1) is 14.9. The van der Waals surface area contributed by atoms with E-state index in [1.807, 2.05) is 48.2 Å². The number of hydrogen-bond donors (Lipinski definition) is 0. The Balaban J connectivity index is 1.55. The summed E-state index contributed by atoms with van der Waals surface area (Å²) in [4.78, 5) is 16.8. The molecule has 1 fully saturated rings. The summed E-state index contributed by atoms with van der Waals surface area (Å²) in [7, 11) is 3.98. The molecule has 3 rings (SSSR count). The minimum atomic E-state index is -0.743. The van der Waals surface area contributed by atoms with E-state index in [0.717, 1.165) is 42.8 Å². The maximum Gasteiger partial charge on any atom is 0.223 e. The lowest BCUT2D eigenvalue weighted by Crippen LogP contribution is -2.37. The van der Waals surface area contributed by atoms with E-state index in [9.17, 15) is 13.6 Å². The average molecular weight is 433 g/mol. The monoisotopic (exact) mass is 432 g/mol. The van der Waals surface area contributed by atoms with Crippen LogP contribution in [0.4, 0.5) is 14.5 Å². The molecule has 0 bridgehead atoms. The smallest absolute Gasteiger partial charge is 0.223 e. The van der Waals surface area contributed by atoms with Crippen LogP contribution in [0.15, 0.2) is 42.5 Å². The van der Waals surface area contributed by atoms with E-state index in [0.29, 0.717) is 19.5 Å². The summed E-state index contributed by atoms with van der Waals surface area (Å²) in [6, 6.07) is 11.3. The van der Waals surface area contributed by atoms with Crippen molar-refractivity contribution < 1.29 is 23.0 Å². The standard InChI is InChI=1S/C24H30F2N2O3/c1-27(2)20-10-7-18(8-11-20)16-28(17-21-5-3-13-30-21)24(29)6-4-14-31-23-12-9-19(25)15-22(23)26/h7-12,15,21H,3-6,13-14,16-17H2,1-2H3. The normalized spacial score (nSPS) is 15.7. The Morgan fingerprint density at radius 2 is 1.94 bits per heavy atom. The van der Waals surface area contributed by atoms with Gasteiger partial charge < -0.3 is 19.3 Å². The van der Waals surface area contributed by atoms with Crippen molar-refractivity contribution in [2.45, 2.75) is 38.3 Å². The number of hydrogen-bond acceptors (Lipinski definition) is 4. The van der Waals surface area contributed by atoms with Gasteiger partial charge in [-0.05, 0) is 49.1 Å². The number of carbonyl (C=O) groups excluding carboxylic acids is 1. The van der Waals surface area contributed by atoms with Crippen molar-refractivity contribution >= 4 is 11.6 Å². The first kappa shape index (κ1) is 23.0. The Kier molecular flexibility index (Phi) is 8.23. The SMILES string of the molecule is CN(C)c1ccc(CN(CC2CCCO2)C(=O)CCCOc2ccc(F)cc2F)cc1. The van der Waals surface area contributed by atoms with Gasteiger partial charge in [0, 0.05) is 52.0 Å². The second kappa shape index (κ2) is 11.1. The lowest BCUT2D eigenvalue weighted by Gasteiger charge is -2.26. The number of halogens is 2. The van der Waals surface area contributed by atoms with Gasteiger partial charge in [-0.25, -0.2) is 8.78 Å². The molecule has 1 amide bonds. The zero-order chi connectivity index (χ0) is 22.2. The highest BCUT2D eigenvalue weighted by molar-refractivity contribution is 5.76. The predicted molar refractivity (Wildman–Crippen MR) is 116 cm³/mol. The van der Waals surface area contributed by atoms with Crippen molar-refractivity contribution in [1.29, 1.82) is 0 Å². The number of ether oxygens (including phenoxy) is 2. The number of nitrogens with zero attached hydrogens (tertiary/aromatic N) is 2. The molecule has 1 atom stereocenters. The third-order valence-electron chi connectivity index (χ3n) is 5.31. The zero-order valence-corrected chi connectivity index (χ0v) is 18.2. The highest BCUT2D eigenvalue weighted by atomic mass is 19.1. The van der Waals surface area contributed by atoms with Crippen molar-refractivity contribution in [2.75, 3.05) is 38.8 Å². The Bertz CT molecular complexity index is 852. The highest BCUT2D eigenvalue weighted by Crippen LogP contribution is 2.20. The molecule has 2 aromatic carbocycles. The Morgan fingerprint density at radius 1 is 1.16 bits per heavy atom. The van der Waals surface area contributed by atoms with Crippen molar-refractivity contribution in [3.8, 4) is 5.75 Å².